The van der Waals surface area contributed by atoms with E-state index >= 15 is 0 Å². The van der Waals surface area contributed by atoms with Crippen LogP contribution < -0.4 is 4.74 Å². The number of hydrogen-bond acceptors (Lipinski definition) is 3. The predicted octanol–water partition coefficient (Wildman–Crippen LogP) is 3.22. The van der Waals surface area contributed by atoms with E-state index in [1.165, 1.54) is 0 Å². The van der Waals surface area contributed by atoms with E-state index in [0.717, 1.165) is 11.3 Å². The number of carbonyl (C=O) groups is 1. The molecule has 0 bridgehead atoms. The van der Waals surface area contributed by atoms with Crippen molar-refractivity contribution >= 4 is 14.0 Å². The zero-order chi connectivity index (χ0) is 15.9. The van der Waals surface area contributed by atoms with Crippen LogP contribution in [0.1, 0.15) is 18.4 Å². The Hall–Kier alpha value is -1.73. The lowest BCUT2D eigenvalue weighted by Gasteiger charge is -2.22. The Kier molecular flexibility index (Phi) is 3.78. The average Bonchev–Trinajstić information content (AvgIpc) is 3.20. The molecular formula is C18H22O3Si. The maximum atomic E-state index is 12.2. The monoisotopic (exact) mass is 314 g/mol. The van der Waals surface area contributed by atoms with Crippen LogP contribution in [-0.2, 0) is 9.53 Å². The molecule has 1 saturated carbocycles. The fraction of sp³-hybridized carbons (Fsp3) is 0.500. The van der Waals surface area contributed by atoms with Crippen molar-refractivity contribution < 1.29 is 14.3 Å². The van der Waals surface area contributed by atoms with Crippen LogP contribution in [0.2, 0.25) is 19.6 Å². The zero-order valence-corrected chi connectivity index (χ0v) is 14.6. The highest BCUT2D eigenvalue weighted by atomic mass is 28.3. The van der Waals surface area contributed by atoms with Crippen molar-refractivity contribution in [2.24, 2.45) is 11.8 Å². The van der Waals surface area contributed by atoms with E-state index in [0.29, 0.717) is 6.61 Å². The Balaban J connectivity index is 1.91. The van der Waals surface area contributed by atoms with Crippen molar-refractivity contribution in [2.75, 3.05) is 6.61 Å². The quantitative estimate of drug-likeness (QED) is 0.478. The van der Waals surface area contributed by atoms with Gasteiger partial charge in [-0.3, -0.25) is 4.79 Å². The van der Waals surface area contributed by atoms with Crippen LogP contribution in [0, 0.1) is 23.3 Å². The van der Waals surface area contributed by atoms with E-state index in [4.69, 9.17) is 9.47 Å². The van der Waals surface area contributed by atoms with Gasteiger partial charge in [-0.05, 0) is 18.6 Å². The third-order valence-electron chi connectivity index (χ3n) is 4.11. The van der Waals surface area contributed by atoms with Gasteiger partial charge in [0, 0.05) is 11.8 Å². The SMILES string of the molecule is CCOC(=O)C1[C@H]2C(C#C[Si](C)(C)C)Oc3ccccc3[C@@H]12. The van der Waals surface area contributed by atoms with Crippen LogP contribution >= 0.6 is 0 Å². The summed E-state index contributed by atoms with van der Waals surface area (Å²) in [6, 6.07) is 7.97. The summed E-state index contributed by atoms with van der Waals surface area (Å²) < 4.78 is 11.3. The summed E-state index contributed by atoms with van der Waals surface area (Å²) in [5, 5.41) is 0. The summed E-state index contributed by atoms with van der Waals surface area (Å²) in [6.45, 7) is 8.90. The van der Waals surface area contributed by atoms with E-state index in [-0.39, 0.29) is 29.8 Å². The van der Waals surface area contributed by atoms with Crippen molar-refractivity contribution in [2.45, 2.75) is 38.6 Å². The molecule has 1 heterocycles. The second-order valence-electron chi connectivity index (χ2n) is 6.98. The summed E-state index contributed by atoms with van der Waals surface area (Å²) in [6.07, 6.45) is -0.193. The van der Waals surface area contributed by atoms with Gasteiger partial charge in [0.05, 0.1) is 12.5 Å². The van der Waals surface area contributed by atoms with Gasteiger partial charge in [-0.25, -0.2) is 0 Å². The third kappa shape index (κ3) is 2.78. The lowest BCUT2D eigenvalue weighted by molar-refractivity contribution is -0.145. The Bertz CT molecular complexity index is 650. The minimum absolute atomic E-state index is 0.107. The molecule has 4 atom stereocenters. The van der Waals surface area contributed by atoms with Gasteiger partial charge in [0.2, 0.25) is 0 Å². The molecule has 1 aromatic carbocycles. The van der Waals surface area contributed by atoms with Crippen molar-refractivity contribution in [3.05, 3.63) is 29.8 Å². The van der Waals surface area contributed by atoms with Crippen molar-refractivity contribution in [3.63, 3.8) is 0 Å². The highest BCUT2D eigenvalue weighted by Gasteiger charge is 2.63. The van der Waals surface area contributed by atoms with Gasteiger partial charge >= 0.3 is 5.97 Å². The average molecular weight is 314 g/mol. The van der Waals surface area contributed by atoms with Crippen LogP contribution in [0.25, 0.3) is 0 Å². The van der Waals surface area contributed by atoms with Gasteiger partial charge in [-0.2, -0.15) is 0 Å². The molecular weight excluding hydrogens is 292 g/mol. The van der Waals surface area contributed by atoms with Crippen molar-refractivity contribution in [3.8, 4) is 17.2 Å². The van der Waals surface area contributed by atoms with Crippen LogP contribution in [0.15, 0.2) is 24.3 Å². The number of carbonyl (C=O) groups excluding carboxylic acids is 1. The van der Waals surface area contributed by atoms with E-state index in [2.05, 4.69) is 31.1 Å². The van der Waals surface area contributed by atoms with Crippen molar-refractivity contribution in [1.29, 1.82) is 0 Å². The van der Waals surface area contributed by atoms with E-state index in [1.807, 2.05) is 31.2 Å². The molecule has 22 heavy (non-hydrogen) atoms. The smallest absolute Gasteiger partial charge is 0.310 e. The standard InChI is InChI=1S/C18H22O3Si/c1-5-20-18(19)17-15-12-8-6-7-9-13(12)21-14(16(15)17)10-11-22(2,3)4/h6-9,14-17H,5H2,1-4H3/t14?,15-,16+,17?/m1/s1. The molecule has 1 aliphatic carbocycles. The van der Waals surface area contributed by atoms with Gasteiger partial charge in [0.25, 0.3) is 0 Å². The number of fused-ring (bicyclic) bond motifs is 3. The van der Waals surface area contributed by atoms with Gasteiger partial charge in [0.15, 0.2) is 6.10 Å². The normalized spacial score (nSPS) is 28.4. The lowest BCUT2D eigenvalue weighted by atomic mass is 10.0. The Morgan fingerprint density at radius 1 is 1.32 bits per heavy atom. The number of hydrogen-bond donors (Lipinski definition) is 0. The molecule has 0 spiro atoms. The first-order valence-electron chi connectivity index (χ1n) is 7.87. The summed E-state index contributed by atoms with van der Waals surface area (Å²) in [7, 11) is -1.47. The van der Waals surface area contributed by atoms with Gasteiger partial charge in [-0.15, -0.1) is 5.54 Å². The summed E-state index contributed by atoms with van der Waals surface area (Å²) in [5.41, 5.74) is 4.50. The van der Waals surface area contributed by atoms with Crippen LogP contribution in [0.3, 0.4) is 0 Å². The number of rotatable bonds is 2. The maximum absolute atomic E-state index is 12.2. The molecule has 2 aliphatic rings. The Morgan fingerprint density at radius 2 is 2.05 bits per heavy atom. The molecule has 0 aromatic heterocycles. The van der Waals surface area contributed by atoms with E-state index in [9.17, 15) is 4.79 Å². The van der Waals surface area contributed by atoms with Crippen LogP contribution in [-0.4, -0.2) is 26.8 Å². The molecule has 2 unspecified atom stereocenters. The summed E-state index contributed by atoms with van der Waals surface area (Å²) in [5.74, 6) is 4.28. The first-order chi connectivity index (χ1) is 10.4. The number of ether oxygens (including phenoxy) is 2. The molecule has 3 rings (SSSR count). The second-order valence-corrected chi connectivity index (χ2v) is 11.7. The molecule has 1 fully saturated rings. The minimum atomic E-state index is -1.47. The van der Waals surface area contributed by atoms with Crippen LogP contribution in [0.5, 0.6) is 5.75 Å². The molecule has 3 nitrogen and oxygen atoms in total. The van der Waals surface area contributed by atoms with E-state index < -0.39 is 8.07 Å². The fourth-order valence-electron chi connectivity index (χ4n) is 3.15. The molecule has 0 amide bonds. The second kappa shape index (κ2) is 5.48. The summed E-state index contributed by atoms with van der Waals surface area (Å²) in [4.78, 5) is 12.2. The highest BCUT2D eigenvalue weighted by molar-refractivity contribution is 6.83. The third-order valence-corrected chi connectivity index (χ3v) is 5.00. The molecule has 0 saturated heterocycles. The maximum Gasteiger partial charge on any atom is 0.310 e. The molecule has 116 valence electrons. The highest BCUT2D eigenvalue weighted by Crippen LogP contribution is 2.61. The van der Waals surface area contributed by atoms with Gasteiger partial charge in [-0.1, -0.05) is 43.8 Å². The predicted molar refractivity (Wildman–Crippen MR) is 88.3 cm³/mol. The zero-order valence-electron chi connectivity index (χ0n) is 13.6. The summed E-state index contributed by atoms with van der Waals surface area (Å²) >= 11 is 0. The molecule has 1 aliphatic heterocycles. The first kappa shape index (κ1) is 15.2. The molecule has 0 N–H and O–H groups in total. The van der Waals surface area contributed by atoms with Crippen molar-refractivity contribution in [1.82, 2.24) is 0 Å². The minimum Gasteiger partial charge on any atom is -0.477 e. The Morgan fingerprint density at radius 3 is 2.73 bits per heavy atom. The molecule has 0 radical (unpaired) electrons. The van der Waals surface area contributed by atoms with E-state index in [1.54, 1.807) is 0 Å². The van der Waals surface area contributed by atoms with Gasteiger partial charge < -0.3 is 9.47 Å². The Labute approximate surface area is 133 Å². The number of esters is 1. The van der Waals surface area contributed by atoms with Crippen LogP contribution in [0.4, 0.5) is 0 Å². The fourth-order valence-corrected chi connectivity index (χ4v) is 3.72. The topological polar surface area (TPSA) is 35.5 Å². The largest absolute Gasteiger partial charge is 0.477 e. The lowest BCUT2D eigenvalue weighted by Crippen LogP contribution is -2.25. The molecule has 1 aromatic rings. The number of para-hydroxylation sites is 1. The molecule has 4 heteroatoms. The van der Waals surface area contributed by atoms with Gasteiger partial charge in [0.1, 0.15) is 13.8 Å². The first-order valence-corrected chi connectivity index (χ1v) is 11.4. The number of benzene rings is 1.